The van der Waals surface area contributed by atoms with E-state index in [-0.39, 0.29) is 21.4 Å². The summed E-state index contributed by atoms with van der Waals surface area (Å²) in [5.74, 6) is -2.49. The molecule has 1 heterocycles. The third-order valence-electron chi connectivity index (χ3n) is 5.24. The van der Waals surface area contributed by atoms with Crippen molar-refractivity contribution in [1.82, 2.24) is 0 Å². The van der Waals surface area contributed by atoms with Crippen LogP contribution in [0.2, 0.25) is 10.0 Å². The highest BCUT2D eigenvalue weighted by Crippen LogP contribution is 2.43. The van der Waals surface area contributed by atoms with E-state index in [1.54, 1.807) is 24.3 Å². The Balaban J connectivity index is 1.96. The second-order valence-electron chi connectivity index (χ2n) is 7.28. The number of carbonyl (C=O) groups excluding carboxylic acids is 2. The van der Waals surface area contributed by atoms with E-state index < -0.39 is 23.5 Å². The van der Waals surface area contributed by atoms with Gasteiger partial charge in [-0.1, -0.05) is 57.3 Å². The fourth-order valence-corrected chi connectivity index (χ4v) is 4.18. The van der Waals surface area contributed by atoms with E-state index in [1.165, 1.54) is 41.3 Å². The molecule has 0 bridgehead atoms. The van der Waals surface area contributed by atoms with Crippen molar-refractivity contribution >= 4 is 62.3 Å². The Morgan fingerprint density at radius 1 is 1.00 bits per heavy atom. The van der Waals surface area contributed by atoms with Gasteiger partial charge in [-0.15, -0.1) is 0 Å². The van der Waals surface area contributed by atoms with Crippen LogP contribution in [0.15, 0.2) is 70.7 Å². The lowest BCUT2D eigenvalue weighted by Crippen LogP contribution is -2.29. The van der Waals surface area contributed by atoms with E-state index in [1.807, 2.05) is 6.92 Å². The van der Waals surface area contributed by atoms with Gasteiger partial charge in [-0.3, -0.25) is 14.5 Å². The number of amides is 1. The number of nitrogens with zero attached hydrogens (tertiary/aromatic N) is 1. The van der Waals surface area contributed by atoms with Gasteiger partial charge in [0, 0.05) is 15.7 Å². The summed E-state index contributed by atoms with van der Waals surface area (Å²) in [6, 6.07) is 14.0. The average Bonchev–Trinajstić information content (AvgIpc) is 3.03. The largest absolute Gasteiger partial charge is 0.507 e. The summed E-state index contributed by atoms with van der Waals surface area (Å²) >= 11 is 15.6. The number of rotatable bonds is 3. The summed E-state index contributed by atoms with van der Waals surface area (Å²) in [5, 5.41) is 11.6. The standard InChI is InChI=1S/C24H15BrCl2FNO3/c1-12-10-14(4-8-17(12)25)22(30)20-21(13-2-5-15(28)6-3-13)29(24(32)23(20)31)16-7-9-18(26)19(27)11-16/h2-11,21,30H,1H3/b22-20+. The molecule has 0 radical (unpaired) electrons. The van der Waals surface area contributed by atoms with Gasteiger partial charge >= 0.3 is 0 Å². The van der Waals surface area contributed by atoms with Crippen LogP contribution in [0.5, 0.6) is 0 Å². The zero-order valence-corrected chi connectivity index (χ0v) is 19.7. The maximum Gasteiger partial charge on any atom is 0.300 e. The Bertz CT molecular complexity index is 1290. The lowest BCUT2D eigenvalue weighted by molar-refractivity contribution is -0.132. The number of benzene rings is 3. The van der Waals surface area contributed by atoms with Gasteiger partial charge in [0.05, 0.1) is 21.7 Å². The zero-order chi connectivity index (χ0) is 23.2. The smallest absolute Gasteiger partial charge is 0.300 e. The number of halogens is 4. The van der Waals surface area contributed by atoms with Crippen LogP contribution < -0.4 is 4.90 Å². The van der Waals surface area contributed by atoms with E-state index in [9.17, 15) is 19.1 Å². The number of aryl methyl sites for hydroxylation is 1. The molecule has 4 nitrogen and oxygen atoms in total. The fourth-order valence-electron chi connectivity index (χ4n) is 3.64. The van der Waals surface area contributed by atoms with Gasteiger partial charge in [0.1, 0.15) is 11.6 Å². The number of Topliss-reactive ketones (excluding diaryl/α,β-unsaturated/α-hetero) is 1. The Kier molecular flexibility index (Phi) is 6.12. The van der Waals surface area contributed by atoms with E-state index in [0.717, 1.165) is 10.0 Å². The molecule has 1 unspecified atom stereocenters. The molecule has 0 saturated carbocycles. The Labute approximate surface area is 202 Å². The molecule has 32 heavy (non-hydrogen) atoms. The molecule has 3 aromatic rings. The summed E-state index contributed by atoms with van der Waals surface area (Å²) < 4.78 is 14.4. The number of hydrogen-bond acceptors (Lipinski definition) is 3. The number of ketones is 1. The van der Waals surface area contributed by atoms with Crippen LogP contribution >= 0.6 is 39.1 Å². The third-order valence-corrected chi connectivity index (χ3v) is 6.87. The fraction of sp³-hybridized carbons (Fsp3) is 0.0833. The van der Waals surface area contributed by atoms with Crippen LogP contribution in [0.4, 0.5) is 10.1 Å². The molecule has 1 N–H and O–H groups in total. The molecule has 4 rings (SSSR count). The SMILES string of the molecule is Cc1cc(/C(O)=C2\C(=O)C(=O)N(c3ccc(Cl)c(Cl)c3)C2c2ccc(F)cc2)ccc1Br. The summed E-state index contributed by atoms with van der Waals surface area (Å²) in [6.45, 7) is 1.84. The molecule has 1 aliphatic heterocycles. The molecular formula is C24H15BrCl2FNO3. The highest BCUT2D eigenvalue weighted by molar-refractivity contribution is 9.10. The van der Waals surface area contributed by atoms with Crippen LogP contribution in [0.3, 0.4) is 0 Å². The summed E-state index contributed by atoms with van der Waals surface area (Å²) in [4.78, 5) is 27.4. The van der Waals surface area contributed by atoms with Crippen molar-refractivity contribution in [2.75, 3.05) is 4.90 Å². The summed E-state index contributed by atoms with van der Waals surface area (Å²) in [7, 11) is 0. The number of anilines is 1. The first kappa shape index (κ1) is 22.5. The first-order valence-corrected chi connectivity index (χ1v) is 11.0. The molecule has 3 aromatic carbocycles. The van der Waals surface area contributed by atoms with E-state index >= 15 is 0 Å². The quantitative estimate of drug-likeness (QED) is 0.227. The van der Waals surface area contributed by atoms with E-state index in [4.69, 9.17) is 23.2 Å². The molecule has 1 saturated heterocycles. The summed E-state index contributed by atoms with van der Waals surface area (Å²) in [6.07, 6.45) is 0. The van der Waals surface area contributed by atoms with Crippen LogP contribution in [-0.4, -0.2) is 16.8 Å². The van der Waals surface area contributed by atoms with Crippen molar-refractivity contribution in [2.24, 2.45) is 0 Å². The van der Waals surface area contributed by atoms with Gasteiger partial charge in [-0.05, 0) is 60.5 Å². The molecule has 1 atom stereocenters. The molecule has 1 fully saturated rings. The molecule has 162 valence electrons. The van der Waals surface area contributed by atoms with Crippen molar-refractivity contribution in [2.45, 2.75) is 13.0 Å². The van der Waals surface area contributed by atoms with Crippen LogP contribution in [0, 0.1) is 12.7 Å². The highest BCUT2D eigenvalue weighted by Gasteiger charge is 2.47. The topological polar surface area (TPSA) is 57.6 Å². The molecule has 8 heteroatoms. The minimum absolute atomic E-state index is 0.102. The second-order valence-corrected chi connectivity index (χ2v) is 8.95. The van der Waals surface area contributed by atoms with Gasteiger partial charge in [0.15, 0.2) is 0 Å². The minimum atomic E-state index is -0.989. The lowest BCUT2D eigenvalue weighted by Gasteiger charge is -2.25. The number of aliphatic hydroxyl groups excluding tert-OH is 1. The van der Waals surface area contributed by atoms with Crippen molar-refractivity contribution < 1.29 is 19.1 Å². The predicted molar refractivity (Wildman–Crippen MR) is 127 cm³/mol. The summed E-state index contributed by atoms with van der Waals surface area (Å²) in [5.41, 5.74) is 1.89. The van der Waals surface area contributed by atoms with Crippen LogP contribution in [0.1, 0.15) is 22.7 Å². The van der Waals surface area contributed by atoms with Gasteiger partial charge in [0.25, 0.3) is 11.7 Å². The molecule has 0 aromatic heterocycles. The molecule has 0 aliphatic carbocycles. The van der Waals surface area contributed by atoms with Crippen molar-refractivity contribution in [3.8, 4) is 0 Å². The first-order valence-electron chi connectivity index (χ1n) is 9.47. The molecule has 0 spiro atoms. The van der Waals surface area contributed by atoms with Gasteiger partial charge in [0.2, 0.25) is 0 Å². The van der Waals surface area contributed by atoms with Gasteiger partial charge in [-0.2, -0.15) is 0 Å². The number of carbonyl (C=O) groups is 2. The Morgan fingerprint density at radius 3 is 2.31 bits per heavy atom. The highest BCUT2D eigenvalue weighted by atomic mass is 79.9. The lowest BCUT2D eigenvalue weighted by atomic mass is 9.94. The predicted octanol–water partition coefficient (Wildman–Crippen LogP) is 6.83. The van der Waals surface area contributed by atoms with Crippen LogP contribution in [0.25, 0.3) is 5.76 Å². The van der Waals surface area contributed by atoms with Crippen molar-refractivity contribution in [1.29, 1.82) is 0 Å². The Hall–Kier alpha value is -2.67. The van der Waals surface area contributed by atoms with Crippen molar-refractivity contribution in [3.05, 3.63) is 103 Å². The first-order chi connectivity index (χ1) is 15.2. The molecular weight excluding hydrogens is 520 g/mol. The van der Waals surface area contributed by atoms with E-state index in [0.29, 0.717) is 16.8 Å². The van der Waals surface area contributed by atoms with Gasteiger partial charge in [-0.25, -0.2) is 4.39 Å². The Morgan fingerprint density at radius 2 is 1.69 bits per heavy atom. The maximum absolute atomic E-state index is 13.6. The monoisotopic (exact) mass is 533 g/mol. The minimum Gasteiger partial charge on any atom is -0.507 e. The van der Waals surface area contributed by atoms with Crippen LogP contribution in [-0.2, 0) is 9.59 Å². The zero-order valence-electron chi connectivity index (χ0n) is 16.6. The van der Waals surface area contributed by atoms with E-state index in [2.05, 4.69) is 15.9 Å². The van der Waals surface area contributed by atoms with Crippen molar-refractivity contribution in [3.63, 3.8) is 0 Å². The second kappa shape index (κ2) is 8.70. The molecule has 1 aliphatic rings. The maximum atomic E-state index is 13.6. The number of aliphatic hydroxyl groups is 1. The number of hydrogen-bond donors (Lipinski definition) is 1. The average molecular weight is 535 g/mol. The normalized spacial score (nSPS) is 17.8. The van der Waals surface area contributed by atoms with Gasteiger partial charge < -0.3 is 5.11 Å². The molecule has 1 amide bonds. The third kappa shape index (κ3) is 3.94.